The molecule has 3 rings (SSSR count). The van der Waals surface area contributed by atoms with Gasteiger partial charge >= 0.3 is 0 Å². The Labute approximate surface area is 136 Å². The molecule has 0 radical (unpaired) electrons. The summed E-state index contributed by atoms with van der Waals surface area (Å²) in [5, 5.41) is 0. The third-order valence-corrected chi connectivity index (χ3v) is 5.93. The highest BCUT2D eigenvalue weighted by atomic mass is 127. The fourth-order valence-corrected chi connectivity index (χ4v) is 4.56. The minimum Gasteiger partial charge on any atom is -0.306 e. The lowest BCUT2D eigenvalue weighted by Gasteiger charge is -2.12. The number of nitrogens with zero attached hydrogens (tertiary/aromatic N) is 1. The smallest absolute Gasteiger partial charge is 0.264 e. The van der Waals surface area contributed by atoms with Gasteiger partial charge in [-0.3, -0.25) is 4.79 Å². The van der Waals surface area contributed by atoms with E-state index in [4.69, 9.17) is 4.98 Å². The maximum atomic E-state index is 12.2. The summed E-state index contributed by atoms with van der Waals surface area (Å²) in [6.07, 6.45) is 4.82. The zero-order valence-corrected chi connectivity index (χ0v) is 14.6. The monoisotopic (exact) mass is 400 g/mol. The number of H-pyrrole nitrogens is 1. The number of thiophene rings is 1. The van der Waals surface area contributed by atoms with Gasteiger partial charge in [-0.25, -0.2) is 4.98 Å². The van der Waals surface area contributed by atoms with Crippen molar-refractivity contribution in [1.29, 1.82) is 0 Å². The van der Waals surface area contributed by atoms with Crippen molar-refractivity contribution in [2.45, 2.75) is 45.4 Å². The average Bonchev–Trinajstić information content (AvgIpc) is 3.02. The van der Waals surface area contributed by atoms with E-state index in [9.17, 15) is 4.79 Å². The molecule has 0 atom stereocenters. The lowest BCUT2D eigenvalue weighted by atomic mass is 10.0. The molecule has 0 spiro atoms. The summed E-state index contributed by atoms with van der Waals surface area (Å²) < 4.78 is 0.767. The van der Waals surface area contributed by atoms with Gasteiger partial charge < -0.3 is 4.98 Å². The van der Waals surface area contributed by atoms with Crippen LogP contribution in [0.3, 0.4) is 0 Å². The SMILES string of the molecule is Cc1cc(-c2nc(C3CCCC3)c(I)c(=O)[nH]2)c(C)s1. The van der Waals surface area contributed by atoms with Crippen molar-refractivity contribution in [3.05, 3.63) is 35.4 Å². The van der Waals surface area contributed by atoms with E-state index in [1.165, 1.54) is 22.6 Å². The second kappa shape index (κ2) is 5.60. The fourth-order valence-electron chi connectivity index (χ4n) is 2.94. The van der Waals surface area contributed by atoms with Gasteiger partial charge in [0.05, 0.1) is 9.26 Å². The molecule has 1 N–H and O–H groups in total. The molecule has 0 aromatic carbocycles. The first kappa shape index (κ1) is 14.3. The molecule has 0 unspecified atom stereocenters. The zero-order chi connectivity index (χ0) is 14.3. The van der Waals surface area contributed by atoms with Crippen molar-refractivity contribution in [2.75, 3.05) is 0 Å². The summed E-state index contributed by atoms with van der Waals surface area (Å²) in [7, 11) is 0. The van der Waals surface area contributed by atoms with Gasteiger partial charge in [0.1, 0.15) is 5.82 Å². The molecule has 5 heteroatoms. The lowest BCUT2D eigenvalue weighted by molar-refractivity contribution is 0.687. The molecule has 3 nitrogen and oxygen atoms in total. The molecular formula is C15H17IN2OS. The molecule has 1 fully saturated rings. The van der Waals surface area contributed by atoms with Crippen molar-refractivity contribution in [2.24, 2.45) is 0 Å². The molecule has 1 aliphatic rings. The highest BCUT2D eigenvalue weighted by molar-refractivity contribution is 14.1. The standard InChI is InChI=1S/C15H17IN2OS/c1-8-7-11(9(2)20-8)14-17-13(10-5-3-4-6-10)12(16)15(19)18-14/h7,10H,3-6H2,1-2H3,(H,17,18,19). The molecule has 2 aromatic heterocycles. The summed E-state index contributed by atoms with van der Waals surface area (Å²) in [6.45, 7) is 4.17. The Hall–Kier alpha value is -0.690. The molecule has 1 aliphatic carbocycles. The van der Waals surface area contributed by atoms with Crippen molar-refractivity contribution in [3.8, 4) is 11.4 Å². The molecule has 0 amide bonds. The predicted molar refractivity (Wildman–Crippen MR) is 91.6 cm³/mol. The van der Waals surface area contributed by atoms with Gasteiger partial charge in [0.15, 0.2) is 0 Å². The van der Waals surface area contributed by atoms with E-state index in [0.29, 0.717) is 5.92 Å². The Kier molecular flexibility index (Phi) is 3.99. The van der Waals surface area contributed by atoms with Gasteiger partial charge in [0, 0.05) is 21.2 Å². The van der Waals surface area contributed by atoms with Crippen molar-refractivity contribution >= 4 is 33.9 Å². The van der Waals surface area contributed by atoms with Crippen molar-refractivity contribution in [3.63, 3.8) is 0 Å². The Morgan fingerprint density at radius 3 is 2.65 bits per heavy atom. The summed E-state index contributed by atoms with van der Waals surface area (Å²) in [5.74, 6) is 1.20. The minimum absolute atomic E-state index is 0.000697. The lowest BCUT2D eigenvalue weighted by Crippen LogP contribution is -2.18. The number of aromatic amines is 1. The number of hydrogen-bond acceptors (Lipinski definition) is 3. The first-order valence-corrected chi connectivity index (χ1v) is 8.83. The number of hydrogen-bond donors (Lipinski definition) is 1. The van der Waals surface area contributed by atoms with Gasteiger partial charge in [-0.1, -0.05) is 12.8 Å². The molecule has 2 heterocycles. The molecule has 20 heavy (non-hydrogen) atoms. The second-order valence-electron chi connectivity index (χ2n) is 5.42. The van der Waals surface area contributed by atoms with E-state index < -0.39 is 0 Å². The van der Waals surface area contributed by atoms with Crippen LogP contribution in [0.25, 0.3) is 11.4 Å². The fraction of sp³-hybridized carbons (Fsp3) is 0.467. The third kappa shape index (κ3) is 2.57. The van der Waals surface area contributed by atoms with Gasteiger partial charge in [-0.05, 0) is 55.3 Å². The average molecular weight is 400 g/mol. The van der Waals surface area contributed by atoms with Crippen LogP contribution in [0.5, 0.6) is 0 Å². The number of rotatable bonds is 2. The number of aromatic nitrogens is 2. The van der Waals surface area contributed by atoms with Gasteiger partial charge in [0.2, 0.25) is 0 Å². The summed E-state index contributed by atoms with van der Waals surface area (Å²) in [5.41, 5.74) is 2.08. The number of nitrogens with one attached hydrogen (secondary N) is 1. The van der Waals surface area contributed by atoms with Crippen LogP contribution in [0, 0.1) is 17.4 Å². The molecule has 0 bridgehead atoms. The summed E-state index contributed by atoms with van der Waals surface area (Å²) in [6, 6.07) is 2.11. The van der Waals surface area contributed by atoms with Crippen LogP contribution in [-0.4, -0.2) is 9.97 Å². The largest absolute Gasteiger partial charge is 0.306 e. The molecule has 0 saturated heterocycles. The Balaban J connectivity index is 2.13. The van der Waals surface area contributed by atoms with E-state index in [1.54, 1.807) is 11.3 Å². The van der Waals surface area contributed by atoms with Gasteiger partial charge in [-0.15, -0.1) is 11.3 Å². The molecule has 0 aliphatic heterocycles. The predicted octanol–water partition coefficient (Wildman–Crippen LogP) is 4.38. The quantitative estimate of drug-likeness (QED) is 0.761. The normalized spacial score (nSPS) is 15.9. The molecule has 1 saturated carbocycles. The highest BCUT2D eigenvalue weighted by Gasteiger charge is 2.23. The topological polar surface area (TPSA) is 45.8 Å². The minimum atomic E-state index is 0.000697. The molecule has 2 aromatic rings. The van der Waals surface area contributed by atoms with Crippen LogP contribution in [0.1, 0.15) is 47.0 Å². The van der Waals surface area contributed by atoms with E-state index >= 15 is 0 Å². The Morgan fingerprint density at radius 1 is 1.35 bits per heavy atom. The maximum Gasteiger partial charge on any atom is 0.264 e. The summed E-state index contributed by atoms with van der Waals surface area (Å²) >= 11 is 3.89. The van der Waals surface area contributed by atoms with Crippen LogP contribution in [0.4, 0.5) is 0 Å². The highest BCUT2D eigenvalue weighted by Crippen LogP contribution is 2.35. The molecule has 106 valence electrons. The van der Waals surface area contributed by atoms with E-state index in [0.717, 1.165) is 33.5 Å². The Morgan fingerprint density at radius 2 is 2.05 bits per heavy atom. The first-order valence-electron chi connectivity index (χ1n) is 6.93. The van der Waals surface area contributed by atoms with Crippen molar-refractivity contribution in [1.82, 2.24) is 9.97 Å². The van der Waals surface area contributed by atoms with Gasteiger partial charge in [0.25, 0.3) is 5.56 Å². The number of aryl methyl sites for hydroxylation is 2. The summed E-state index contributed by atoms with van der Waals surface area (Å²) in [4.78, 5) is 22.4. The van der Waals surface area contributed by atoms with Crippen LogP contribution < -0.4 is 5.56 Å². The zero-order valence-electron chi connectivity index (χ0n) is 11.6. The van der Waals surface area contributed by atoms with Crippen LogP contribution in [-0.2, 0) is 0 Å². The van der Waals surface area contributed by atoms with Crippen molar-refractivity contribution < 1.29 is 0 Å². The number of halogens is 1. The third-order valence-electron chi connectivity index (χ3n) is 3.93. The Bertz CT molecular complexity index is 698. The molecular weight excluding hydrogens is 383 g/mol. The van der Waals surface area contributed by atoms with Crippen LogP contribution >= 0.6 is 33.9 Å². The van der Waals surface area contributed by atoms with Crippen LogP contribution in [0.15, 0.2) is 10.9 Å². The second-order valence-corrected chi connectivity index (χ2v) is 7.96. The van der Waals surface area contributed by atoms with Crippen LogP contribution in [0.2, 0.25) is 0 Å². The van der Waals surface area contributed by atoms with E-state index in [1.807, 2.05) is 0 Å². The first-order chi connectivity index (χ1) is 9.56. The van der Waals surface area contributed by atoms with Gasteiger partial charge in [-0.2, -0.15) is 0 Å². The van der Waals surface area contributed by atoms with E-state index in [2.05, 4.69) is 47.5 Å². The maximum absolute atomic E-state index is 12.2. The van der Waals surface area contributed by atoms with E-state index in [-0.39, 0.29) is 5.56 Å².